The van der Waals surface area contributed by atoms with Gasteiger partial charge in [0.15, 0.2) is 0 Å². The molecule has 0 aromatic rings. The molecule has 1 aliphatic carbocycles. The Morgan fingerprint density at radius 3 is 2.90 bits per heavy atom. The average Bonchev–Trinajstić information content (AvgIpc) is 2.12. The largest absolute Gasteiger partial charge is 0.311 e. The number of hydrogen-bond donors (Lipinski definition) is 0. The summed E-state index contributed by atoms with van der Waals surface area (Å²) in [7, 11) is 1.99. The molecule has 0 saturated heterocycles. The second kappa shape index (κ2) is 3.64. The second-order valence-corrected chi connectivity index (χ2v) is 3.36. The quantitative estimate of drug-likeness (QED) is 0.389. The zero-order valence-electron chi connectivity index (χ0n) is 5.71. The molecule has 0 bridgehead atoms. The van der Waals surface area contributed by atoms with Gasteiger partial charge in [0.25, 0.3) is 0 Å². The summed E-state index contributed by atoms with van der Waals surface area (Å²) in [6.45, 7) is 0. The topological polar surface area (TPSA) is 3.24 Å². The first-order valence-electron chi connectivity index (χ1n) is 3.00. The minimum atomic E-state index is 1.09. The van der Waals surface area contributed by atoms with Gasteiger partial charge in [0.2, 0.25) is 0 Å². The van der Waals surface area contributed by atoms with Gasteiger partial charge in [-0.15, -0.1) is 0 Å². The van der Waals surface area contributed by atoms with Gasteiger partial charge in [-0.2, -0.15) is 0 Å². The standard InChI is InChI=1S/C8H8IN/c1-10(9)8-6-4-2-3-5-7-8/h2-6H,1H3. The molecule has 52 valence electrons. The molecule has 0 atom stereocenters. The summed E-state index contributed by atoms with van der Waals surface area (Å²) in [4.78, 5) is 0. The van der Waals surface area contributed by atoms with Gasteiger partial charge in [-0.05, 0) is 12.2 Å². The van der Waals surface area contributed by atoms with E-state index in [9.17, 15) is 0 Å². The molecule has 0 fully saturated rings. The van der Waals surface area contributed by atoms with Gasteiger partial charge in [-0.25, -0.2) is 0 Å². The van der Waals surface area contributed by atoms with Crippen molar-refractivity contribution < 1.29 is 0 Å². The Labute approximate surface area is 74.9 Å². The van der Waals surface area contributed by atoms with Crippen LogP contribution in [0.25, 0.3) is 0 Å². The second-order valence-electron chi connectivity index (χ2n) is 1.92. The number of rotatable bonds is 1. The van der Waals surface area contributed by atoms with Gasteiger partial charge >= 0.3 is 0 Å². The van der Waals surface area contributed by atoms with Crippen molar-refractivity contribution in [3.63, 3.8) is 0 Å². The van der Waals surface area contributed by atoms with Crippen LogP contribution in [0.3, 0.4) is 0 Å². The predicted octanol–water partition coefficient (Wildman–Crippen LogP) is 2.43. The van der Waals surface area contributed by atoms with E-state index in [-0.39, 0.29) is 0 Å². The molecule has 0 spiro atoms. The molecule has 0 aliphatic heterocycles. The van der Waals surface area contributed by atoms with Crippen molar-refractivity contribution in [3.05, 3.63) is 41.8 Å². The summed E-state index contributed by atoms with van der Waals surface area (Å²) in [5, 5.41) is 0. The van der Waals surface area contributed by atoms with E-state index in [2.05, 4.69) is 28.6 Å². The average molecular weight is 245 g/mol. The minimum Gasteiger partial charge on any atom is -0.311 e. The van der Waals surface area contributed by atoms with Crippen LogP contribution in [0.15, 0.2) is 41.8 Å². The Balaban J connectivity index is 2.87. The lowest BCUT2D eigenvalue weighted by Gasteiger charge is -2.06. The number of hydrogen-bond acceptors (Lipinski definition) is 1. The molecule has 1 aliphatic rings. The van der Waals surface area contributed by atoms with Crippen molar-refractivity contribution >= 4 is 22.9 Å². The number of halogens is 1. The van der Waals surface area contributed by atoms with Crippen LogP contribution in [0.5, 0.6) is 0 Å². The molecule has 0 saturated carbocycles. The highest BCUT2D eigenvalue weighted by molar-refractivity contribution is 14.1. The summed E-state index contributed by atoms with van der Waals surface area (Å²) in [6, 6.07) is 0. The molecule has 10 heavy (non-hydrogen) atoms. The third-order valence-electron chi connectivity index (χ3n) is 1.14. The lowest BCUT2D eigenvalue weighted by molar-refractivity contribution is 0.787. The van der Waals surface area contributed by atoms with E-state index in [1.165, 1.54) is 0 Å². The lowest BCUT2D eigenvalue weighted by Crippen LogP contribution is -1.98. The highest BCUT2D eigenvalue weighted by Crippen LogP contribution is 2.08. The zero-order valence-corrected chi connectivity index (χ0v) is 7.87. The summed E-state index contributed by atoms with van der Waals surface area (Å²) >= 11 is 2.21. The van der Waals surface area contributed by atoms with Crippen LogP contribution in [-0.2, 0) is 0 Å². The van der Waals surface area contributed by atoms with Gasteiger partial charge in [0, 0.05) is 7.05 Å². The number of allylic oxidation sites excluding steroid dienone is 4. The Hall–Kier alpha value is -0.470. The van der Waals surface area contributed by atoms with Crippen molar-refractivity contribution in [3.8, 4) is 0 Å². The molecule has 0 unspecified atom stereocenters. The molecule has 0 amide bonds. The van der Waals surface area contributed by atoms with E-state index in [0.29, 0.717) is 0 Å². The van der Waals surface area contributed by atoms with Crippen LogP contribution >= 0.6 is 22.9 Å². The molecule has 0 N–H and O–H groups in total. The Kier molecular flexibility index (Phi) is 2.78. The van der Waals surface area contributed by atoms with Gasteiger partial charge in [-0.1, -0.05) is 24.0 Å². The van der Waals surface area contributed by atoms with E-state index in [4.69, 9.17) is 0 Å². The molecule has 1 nitrogen and oxygen atoms in total. The molecule has 0 aromatic heterocycles. The zero-order chi connectivity index (χ0) is 7.40. The van der Waals surface area contributed by atoms with Gasteiger partial charge in [0.1, 0.15) is 0 Å². The van der Waals surface area contributed by atoms with Crippen molar-refractivity contribution in [2.45, 2.75) is 0 Å². The fourth-order valence-electron chi connectivity index (χ4n) is 0.640. The predicted molar refractivity (Wildman–Crippen MR) is 51.7 cm³/mol. The van der Waals surface area contributed by atoms with E-state index in [0.717, 1.165) is 5.70 Å². The third-order valence-corrected chi connectivity index (χ3v) is 1.66. The minimum absolute atomic E-state index is 1.09. The van der Waals surface area contributed by atoms with Gasteiger partial charge in [0.05, 0.1) is 28.6 Å². The Morgan fingerprint density at radius 2 is 2.20 bits per heavy atom. The van der Waals surface area contributed by atoms with Crippen LogP contribution in [0.2, 0.25) is 0 Å². The van der Waals surface area contributed by atoms with Crippen LogP contribution in [0.4, 0.5) is 0 Å². The Morgan fingerprint density at radius 1 is 1.40 bits per heavy atom. The molecule has 1 rings (SSSR count). The number of nitrogens with zero attached hydrogens (tertiary/aromatic N) is 1. The van der Waals surface area contributed by atoms with Crippen molar-refractivity contribution in [1.29, 1.82) is 0 Å². The first kappa shape index (κ1) is 7.63. The molecule has 0 radical (unpaired) electrons. The summed E-state index contributed by atoms with van der Waals surface area (Å²) in [5.74, 6) is 0. The van der Waals surface area contributed by atoms with E-state index >= 15 is 0 Å². The van der Waals surface area contributed by atoms with Gasteiger partial charge in [-0.3, -0.25) is 0 Å². The summed E-state index contributed by atoms with van der Waals surface area (Å²) in [6.07, 6.45) is 9.88. The van der Waals surface area contributed by atoms with Crippen LogP contribution in [0, 0.1) is 0 Å². The monoisotopic (exact) mass is 245 g/mol. The van der Waals surface area contributed by atoms with Crippen molar-refractivity contribution in [2.24, 2.45) is 0 Å². The first-order valence-corrected chi connectivity index (χ1v) is 3.97. The molecule has 2 heteroatoms. The maximum Gasteiger partial charge on any atom is 0.0884 e. The van der Waals surface area contributed by atoms with Crippen molar-refractivity contribution in [1.82, 2.24) is 3.11 Å². The molecule has 0 heterocycles. The molecular weight excluding hydrogens is 237 g/mol. The van der Waals surface area contributed by atoms with E-state index in [1.54, 1.807) is 0 Å². The summed E-state index contributed by atoms with van der Waals surface area (Å²) in [5.41, 5.74) is 4.21. The van der Waals surface area contributed by atoms with Crippen LogP contribution in [0.1, 0.15) is 0 Å². The summed E-state index contributed by atoms with van der Waals surface area (Å²) < 4.78 is 2.00. The maximum atomic E-state index is 3.12. The lowest BCUT2D eigenvalue weighted by atomic mass is 10.4. The smallest absolute Gasteiger partial charge is 0.0884 e. The Bertz CT molecular complexity index is 230. The van der Waals surface area contributed by atoms with E-state index in [1.807, 2.05) is 40.5 Å². The maximum absolute atomic E-state index is 3.12. The van der Waals surface area contributed by atoms with Crippen LogP contribution in [-0.4, -0.2) is 10.2 Å². The normalized spacial score (nSPS) is 14.8. The van der Waals surface area contributed by atoms with Crippen LogP contribution < -0.4 is 0 Å². The highest BCUT2D eigenvalue weighted by Gasteiger charge is 1.92. The van der Waals surface area contributed by atoms with Gasteiger partial charge < -0.3 is 3.11 Å². The molecular formula is C8H8IN. The van der Waals surface area contributed by atoms with E-state index < -0.39 is 0 Å². The fourth-order valence-corrected chi connectivity index (χ4v) is 0.940. The first-order chi connectivity index (χ1) is 4.80. The highest BCUT2D eigenvalue weighted by atomic mass is 127. The SMILES string of the molecule is CN(I)C1=C=CC=CC=C1. The number of likely N-dealkylation sites (N-methyl/N-ethyl adjacent to an activating group) is 1. The third kappa shape index (κ3) is 2.05. The molecule has 0 aromatic carbocycles. The van der Waals surface area contributed by atoms with Crippen molar-refractivity contribution in [2.75, 3.05) is 7.05 Å². The fraction of sp³-hybridized carbons (Fsp3) is 0.125.